The summed E-state index contributed by atoms with van der Waals surface area (Å²) in [5.74, 6) is -0.353. The van der Waals surface area contributed by atoms with Gasteiger partial charge in [0.15, 0.2) is 0 Å². The fraction of sp³-hybridized carbons (Fsp3) is 0.273. The molecule has 2 aromatic rings. The molecule has 1 atom stereocenters. The van der Waals surface area contributed by atoms with E-state index in [0.29, 0.717) is 17.6 Å². The van der Waals surface area contributed by atoms with Gasteiger partial charge < -0.3 is 9.64 Å². The molecule has 0 aliphatic carbocycles. The highest BCUT2D eigenvalue weighted by Gasteiger charge is 2.39. The third-order valence-corrected chi connectivity index (χ3v) is 5.15. The molecule has 0 saturated carbocycles. The monoisotopic (exact) mass is 347 g/mol. The normalized spacial score (nSPS) is 21.5. The van der Waals surface area contributed by atoms with Gasteiger partial charge in [-0.2, -0.15) is 0 Å². The third kappa shape index (κ3) is 2.45. The van der Waals surface area contributed by atoms with Gasteiger partial charge in [-0.1, -0.05) is 49.7 Å². The predicted octanol–water partition coefficient (Wildman–Crippen LogP) is 4.30. The maximum Gasteiger partial charge on any atom is 0.339 e. The molecule has 132 valence electrons. The van der Waals surface area contributed by atoms with E-state index in [9.17, 15) is 9.59 Å². The zero-order valence-corrected chi connectivity index (χ0v) is 15.0. The summed E-state index contributed by atoms with van der Waals surface area (Å²) in [4.78, 5) is 27.2. The summed E-state index contributed by atoms with van der Waals surface area (Å²) in [6.45, 7) is 2.11. The maximum absolute atomic E-state index is 13.1. The molecule has 2 aliphatic rings. The van der Waals surface area contributed by atoms with Gasteiger partial charge in [-0.15, -0.1) is 0 Å². The SMILES string of the molecule is CCCCC1OC(=O)c2ccccc2/C1=C1\C(=O)N(C)c2ccccc21. The minimum absolute atomic E-state index is 0.0459. The van der Waals surface area contributed by atoms with Crippen LogP contribution in [0.5, 0.6) is 0 Å². The van der Waals surface area contributed by atoms with E-state index in [1.165, 1.54) is 0 Å². The van der Waals surface area contributed by atoms with Crippen molar-refractivity contribution < 1.29 is 14.3 Å². The van der Waals surface area contributed by atoms with Crippen molar-refractivity contribution in [2.75, 3.05) is 11.9 Å². The van der Waals surface area contributed by atoms with Crippen LogP contribution in [0, 0.1) is 0 Å². The van der Waals surface area contributed by atoms with Crippen molar-refractivity contribution in [2.24, 2.45) is 0 Å². The van der Waals surface area contributed by atoms with Crippen LogP contribution in [0.15, 0.2) is 48.5 Å². The summed E-state index contributed by atoms with van der Waals surface area (Å²) >= 11 is 0. The third-order valence-electron chi connectivity index (χ3n) is 5.15. The van der Waals surface area contributed by atoms with Crippen LogP contribution in [0.25, 0.3) is 11.1 Å². The smallest absolute Gasteiger partial charge is 0.339 e. The van der Waals surface area contributed by atoms with Gasteiger partial charge in [0.05, 0.1) is 16.8 Å². The highest BCUT2D eigenvalue weighted by atomic mass is 16.5. The van der Waals surface area contributed by atoms with Crippen molar-refractivity contribution in [1.82, 2.24) is 0 Å². The number of fused-ring (bicyclic) bond motifs is 2. The van der Waals surface area contributed by atoms with Crippen molar-refractivity contribution >= 4 is 28.7 Å². The number of esters is 1. The van der Waals surface area contributed by atoms with E-state index in [0.717, 1.165) is 35.2 Å². The van der Waals surface area contributed by atoms with Gasteiger partial charge in [-0.3, -0.25) is 4.79 Å². The van der Waals surface area contributed by atoms with Crippen LogP contribution < -0.4 is 4.90 Å². The molecule has 0 N–H and O–H groups in total. The molecule has 1 amide bonds. The van der Waals surface area contributed by atoms with Gasteiger partial charge in [-0.05, 0) is 30.5 Å². The molecule has 4 heteroatoms. The lowest BCUT2D eigenvalue weighted by molar-refractivity contribution is -0.112. The number of likely N-dealkylation sites (N-methyl/N-ethyl adjacent to an activating group) is 1. The van der Waals surface area contributed by atoms with Crippen LogP contribution >= 0.6 is 0 Å². The van der Waals surface area contributed by atoms with Gasteiger partial charge in [0.1, 0.15) is 6.10 Å². The number of amides is 1. The van der Waals surface area contributed by atoms with Gasteiger partial charge in [0.2, 0.25) is 0 Å². The number of unbranched alkanes of at least 4 members (excludes halogenated alkanes) is 1. The summed E-state index contributed by atoms with van der Waals surface area (Å²) in [5, 5.41) is 0. The largest absolute Gasteiger partial charge is 0.454 e. The van der Waals surface area contributed by atoms with Crippen LogP contribution in [0.3, 0.4) is 0 Å². The number of hydrogen-bond donors (Lipinski definition) is 0. The molecular weight excluding hydrogens is 326 g/mol. The Balaban J connectivity index is 1.99. The summed E-state index contributed by atoms with van der Waals surface area (Å²) < 4.78 is 5.77. The quantitative estimate of drug-likeness (QED) is 0.614. The Bertz CT molecular complexity index is 928. The Morgan fingerprint density at radius 1 is 0.962 bits per heavy atom. The molecule has 2 aromatic carbocycles. The fourth-order valence-electron chi connectivity index (χ4n) is 3.84. The summed E-state index contributed by atoms with van der Waals surface area (Å²) in [5.41, 5.74) is 4.65. The molecule has 2 aliphatic heterocycles. The first kappa shape index (κ1) is 16.6. The second-order valence-corrected chi connectivity index (χ2v) is 6.75. The van der Waals surface area contributed by atoms with Crippen LogP contribution in [0.4, 0.5) is 5.69 Å². The van der Waals surface area contributed by atoms with Gasteiger partial charge in [0, 0.05) is 18.2 Å². The number of benzene rings is 2. The van der Waals surface area contributed by atoms with E-state index in [2.05, 4.69) is 6.92 Å². The van der Waals surface area contributed by atoms with Crippen LogP contribution in [0.2, 0.25) is 0 Å². The van der Waals surface area contributed by atoms with Gasteiger partial charge in [0.25, 0.3) is 5.91 Å². The lowest BCUT2D eigenvalue weighted by Crippen LogP contribution is -2.29. The highest BCUT2D eigenvalue weighted by Crippen LogP contribution is 2.44. The molecule has 0 fully saturated rings. The van der Waals surface area contributed by atoms with E-state index < -0.39 is 6.10 Å². The molecule has 0 saturated heterocycles. The Kier molecular flexibility index (Phi) is 4.11. The minimum atomic E-state index is -0.393. The number of para-hydroxylation sites is 1. The maximum atomic E-state index is 13.1. The Morgan fingerprint density at radius 2 is 1.62 bits per heavy atom. The zero-order chi connectivity index (χ0) is 18.3. The van der Waals surface area contributed by atoms with Crippen molar-refractivity contribution in [2.45, 2.75) is 32.3 Å². The van der Waals surface area contributed by atoms with E-state index in [-0.39, 0.29) is 11.9 Å². The second kappa shape index (κ2) is 6.45. The molecule has 0 spiro atoms. The number of rotatable bonds is 3. The lowest BCUT2D eigenvalue weighted by Gasteiger charge is -2.29. The first-order valence-electron chi connectivity index (χ1n) is 9.05. The summed E-state index contributed by atoms with van der Waals surface area (Å²) in [6.07, 6.45) is 2.26. The highest BCUT2D eigenvalue weighted by molar-refractivity contribution is 6.38. The van der Waals surface area contributed by atoms with Gasteiger partial charge in [-0.25, -0.2) is 4.79 Å². The van der Waals surface area contributed by atoms with Crippen molar-refractivity contribution in [3.8, 4) is 0 Å². The Labute approximate surface area is 153 Å². The van der Waals surface area contributed by atoms with E-state index in [1.807, 2.05) is 42.5 Å². The average molecular weight is 347 g/mol. The molecule has 0 aromatic heterocycles. The lowest BCUT2D eigenvalue weighted by atomic mass is 9.85. The van der Waals surface area contributed by atoms with E-state index >= 15 is 0 Å². The van der Waals surface area contributed by atoms with Crippen molar-refractivity contribution in [3.05, 3.63) is 65.2 Å². The Morgan fingerprint density at radius 3 is 2.35 bits per heavy atom. The molecular formula is C22H21NO3. The number of ether oxygens (including phenoxy) is 1. The van der Waals surface area contributed by atoms with Gasteiger partial charge >= 0.3 is 5.97 Å². The molecule has 4 nitrogen and oxygen atoms in total. The summed E-state index contributed by atoms with van der Waals surface area (Å²) in [7, 11) is 1.79. The Hall–Kier alpha value is -2.88. The van der Waals surface area contributed by atoms with E-state index in [4.69, 9.17) is 4.74 Å². The number of anilines is 1. The number of nitrogens with zero attached hydrogens (tertiary/aromatic N) is 1. The first-order valence-corrected chi connectivity index (χ1v) is 9.05. The van der Waals surface area contributed by atoms with Crippen molar-refractivity contribution in [3.63, 3.8) is 0 Å². The zero-order valence-electron chi connectivity index (χ0n) is 15.0. The second-order valence-electron chi connectivity index (χ2n) is 6.75. The van der Waals surface area contributed by atoms with Crippen LogP contribution in [-0.4, -0.2) is 25.0 Å². The first-order chi connectivity index (χ1) is 12.6. The van der Waals surface area contributed by atoms with E-state index in [1.54, 1.807) is 18.0 Å². The predicted molar refractivity (Wildman–Crippen MR) is 102 cm³/mol. The number of hydrogen-bond acceptors (Lipinski definition) is 3. The molecule has 2 heterocycles. The molecule has 4 rings (SSSR count). The topological polar surface area (TPSA) is 46.6 Å². The summed E-state index contributed by atoms with van der Waals surface area (Å²) in [6, 6.07) is 15.2. The fourth-order valence-corrected chi connectivity index (χ4v) is 3.84. The number of carbonyl (C=O) groups excluding carboxylic acids is 2. The molecule has 1 unspecified atom stereocenters. The van der Waals surface area contributed by atoms with Crippen LogP contribution in [-0.2, 0) is 9.53 Å². The minimum Gasteiger partial charge on any atom is -0.454 e. The molecule has 0 bridgehead atoms. The standard InChI is InChI=1S/C22H21NO3/c1-3-4-13-18-19(14-9-5-6-10-15(14)22(25)26-18)20-16-11-7-8-12-17(16)23(2)21(20)24/h5-12,18H,3-4,13H2,1-2H3/b20-19+. The van der Waals surface area contributed by atoms with Crippen LogP contribution in [0.1, 0.15) is 47.7 Å². The van der Waals surface area contributed by atoms with Crippen molar-refractivity contribution in [1.29, 1.82) is 0 Å². The number of carbonyl (C=O) groups is 2. The molecule has 26 heavy (non-hydrogen) atoms. The number of cyclic esters (lactones) is 1. The average Bonchev–Trinajstić information content (AvgIpc) is 2.92. The molecule has 0 radical (unpaired) electrons.